The third-order valence-electron chi connectivity index (χ3n) is 4.22. The van der Waals surface area contributed by atoms with Gasteiger partial charge < -0.3 is 35.0 Å². The minimum absolute atomic E-state index is 0.132. The highest BCUT2D eigenvalue weighted by Gasteiger charge is 2.17. The number of fused-ring (bicyclic) bond motifs is 1. The molecule has 0 aromatic heterocycles. The van der Waals surface area contributed by atoms with Gasteiger partial charge in [-0.25, -0.2) is 0 Å². The van der Waals surface area contributed by atoms with Gasteiger partial charge in [-0.05, 0) is 31.2 Å². The average Bonchev–Trinajstić information content (AvgIpc) is 3.25. The lowest BCUT2D eigenvalue weighted by molar-refractivity contribution is -0.136. The standard InChI is InChI=1S/C21H22N4O7/c1-12(8-19(26)22-13-4-6-17-18(9-13)32-11-31-17)24-25-21(28)20(27)23-15-10-14(29-2)5-7-16(15)30-3/h4-10,24H,11H2,1-3H3,(H,22,26)(H,23,27)(H,25,28). The summed E-state index contributed by atoms with van der Waals surface area (Å²) in [4.78, 5) is 36.4. The molecule has 0 unspecified atom stereocenters. The minimum Gasteiger partial charge on any atom is -0.497 e. The molecule has 3 amide bonds. The van der Waals surface area contributed by atoms with Gasteiger partial charge in [-0.1, -0.05) is 0 Å². The molecule has 11 nitrogen and oxygen atoms in total. The summed E-state index contributed by atoms with van der Waals surface area (Å²) >= 11 is 0. The number of rotatable bonds is 7. The summed E-state index contributed by atoms with van der Waals surface area (Å²) in [6.07, 6.45) is 1.22. The van der Waals surface area contributed by atoms with Crippen molar-refractivity contribution in [3.05, 3.63) is 48.2 Å². The van der Waals surface area contributed by atoms with Crippen LogP contribution in [0.5, 0.6) is 23.0 Å². The fraction of sp³-hybridized carbons (Fsp3) is 0.190. The SMILES string of the molecule is COc1ccc(OC)c(NC(=O)C(=O)NNC(C)=CC(=O)Nc2ccc3c(c2)OCO3)c1. The fourth-order valence-electron chi connectivity index (χ4n) is 2.69. The first-order valence-electron chi connectivity index (χ1n) is 9.38. The Bertz CT molecular complexity index is 1070. The quantitative estimate of drug-likeness (QED) is 0.288. The van der Waals surface area contributed by atoms with Gasteiger partial charge in [-0.2, -0.15) is 0 Å². The summed E-state index contributed by atoms with van der Waals surface area (Å²) in [6.45, 7) is 1.68. The predicted octanol–water partition coefficient (Wildman–Crippen LogP) is 1.53. The van der Waals surface area contributed by atoms with Crippen LogP contribution in [0, 0.1) is 0 Å². The highest BCUT2D eigenvalue weighted by atomic mass is 16.7. The molecule has 0 saturated heterocycles. The zero-order valence-electron chi connectivity index (χ0n) is 17.6. The van der Waals surface area contributed by atoms with Crippen molar-refractivity contribution < 1.29 is 33.3 Å². The van der Waals surface area contributed by atoms with Crippen LogP contribution in [-0.4, -0.2) is 38.7 Å². The Hall–Kier alpha value is -4.41. The van der Waals surface area contributed by atoms with E-state index in [1.165, 1.54) is 26.4 Å². The molecule has 11 heteroatoms. The smallest absolute Gasteiger partial charge is 0.327 e. The third-order valence-corrected chi connectivity index (χ3v) is 4.22. The van der Waals surface area contributed by atoms with Gasteiger partial charge in [0.15, 0.2) is 11.5 Å². The van der Waals surface area contributed by atoms with E-state index in [1.807, 2.05) is 0 Å². The predicted molar refractivity (Wildman–Crippen MR) is 114 cm³/mol. The Morgan fingerprint density at radius 1 is 0.906 bits per heavy atom. The largest absolute Gasteiger partial charge is 0.497 e. The number of hydrogen-bond donors (Lipinski definition) is 4. The lowest BCUT2D eigenvalue weighted by Gasteiger charge is -2.12. The van der Waals surface area contributed by atoms with E-state index in [2.05, 4.69) is 21.5 Å². The van der Waals surface area contributed by atoms with E-state index in [1.54, 1.807) is 37.3 Å². The molecule has 1 heterocycles. The Labute approximate surface area is 183 Å². The summed E-state index contributed by atoms with van der Waals surface area (Å²) in [6, 6.07) is 9.75. The molecule has 0 fully saturated rings. The number of hydrazine groups is 1. The zero-order valence-corrected chi connectivity index (χ0v) is 17.6. The van der Waals surface area contributed by atoms with Gasteiger partial charge in [0.05, 0.1) is 19.9 Å². The van der Waals surface area contributed by atoms with Crippen molar-refractivity contribution in [2.24, 2.45) is 0 Å². The summed E-state index contributed by atoms with van der Waals surface area (Å²) < 4.78 is 20.7. The number of allylic oxidation sites excluding steroid dienone is 1. The highest BCUT2D eigenvalue weighted by molar-refractivity contribution is 6.39. The Morgan fingerprint density at radius 2 is 1.69 bits per heavy atom. The number of carbonyl (C=O) groups is 3. The van der Waals surface area contributed by atoms with Crippen LogP contribution in [0.3, 0.4) is 0 Å². The second-order valence-electron chi connectivity index (χ2n) is 6.48. The molecule has 0 bridgehead atoms. The van der Waals surface area contributed by atoms with Crippen molar-refractivity contribution in [2.75, 3.05) is 31.6 Å². The Kier molecular flexibility index (Phi) is 7.01. The van der Waals surface area contributed by atoms with E-state index >= 15 is 0 Å². The van der Waals surface area contributed by atoms with Gasteiger partial charge in [-0.15, -0.1) is 0 Å². The highest BCUT2D eigenvalue weighted by Crippen LogP contribution is 2.34. The second-order valence-corrected chi connectivity index (χ2v) is 6.48. The lowest BCUT2D eigenvalue weighted by atomic mass is 10.2. The molecule has 3 rings (SSSR count). The minimum atomic E-state index is -0.973. The molecule has 1 aliphatic heterocycles. The molecular weight excluding hydrogens is 420 g/mol. The maximum atomic E-state index is 12.2. The number of hydrogen-bond acceptors (Lipinski definition) is 8. The number of benzene rings is 2. The van der Waals surface area contributed by atoms with Crippen molar-refractivity contribution in [2.45, 2.75) is 6.92 Å². The molecule has 2 aromatic rings. The molecule has 0 aliphatic carbocycles. The molecule has 0 radical (unpaired) electrons. The van der Waals surface area contributed by atoms with Gasteiger partial charge in [0.1, 0.15) is 11.5 Å². The van der Waals surface area contributed by atoms with E-state index in [0.29, 0.717) is 34.4 Å². The van der Waals surface area contributed by atoms with E-state index < -0.39 is 17.7 Å². The molecule has 1 aliphatic rings. The summed E-state index contributed by atoms with van der Waals surface area (Å²) in [7, 11) is 2.91. The van der Waals surface area contributed by atoms with Crippen LogP contribution >= 0.6 is 0 Å². The molecule has 4 N–H and O–H groups in total. The Balaban J connectivity index is 1.51. The number of amides is 3. The van der Waals surface area contributed by atoms with Crippen LogP contribution in [0.1, 0.15) is 6.92 Å². The monoisotopic (exact) mass is 442 g/mol. The van der Waals surface area contributed by atoms with Crippen molar-refractivity contribution in [1.82, 2.24) is 10.9 Å². The van der Waals surface area contributed by atoms with E-state index in [0.717, 1.165) is 0 Å². The first-order chi connectivity index (χ1) is 15.4. The fourth-order valence-corrected chi connectivity index (χ4v) is 2.69. The van der Waals surface area contributed by atoms with Gasteiger partial charge in [-0.3, -0.25) is 19.8 Å². The lowest BCUT2D eigenvalue weighted by Crippen LogP contribution is -2.43. The van der Waals surface area contributed by atoms with Gasteiger partial charge in [0, 0.05) is 29.6 Å². The molecule has 0 saturated carbocycles. The van der Waals surface area contributed by atoms with Crippen molar-refractivity contribution in [3.63, 3.8) is 0 Å². The molecule has 0 spiro atoms. The van der Waals surface area contributed by atoms with Gasteiger partial charge in [0.2, 0.25) is 12.7 Å². The van der Waals surface area contributed by atoms with E-state index in [-0.39, 0.29) is 12.5 Å². The zero-order chi connectivity index (χ0) is 23.1. The van der Waals surface area contributed by atoms with E-state index in [4.69, 9.17) is 18.9 Å². The molecule has 2 aromatic carbocycles. The summed E-state index contributed by atoms with van der Waals surface area (Å²) in [5.41, 5.74) is 5.79. The molecule has 0 atom stereocenters. The van der Waals surface area contributed by atoms with Gasteiger partial charge >= 0.3 is 11.8 Å². The number of methoxy groups -OCH3 is 2. The third kappa shape index (κ3) is 5.59. The summed E-state index contributed by atoms with van der Waals surface area (Å²) in [5.74, 6) is -0.395. The van der Waals surface area contributed by atoms with Crippen molar-refractivity contribution in [1.29, 1.82) is 0 Å². The van der Waals surface area contributed by atoms with Crippen LogP contribution in [0.25, 0.3) is 0 Å². The Morgan fingerprint density at radius 3 is 2.44 bits per heavy atom. The van der Waals surface area contributed by atoms with Crippen LogP contribution < -0.4 is 40.4 Å². The maximum absolute atomic E-state index is 12.2. The summed E-state index contributed by atoms with van der Waals surface area (Å²) in [5, 5.41) is 5.10. The topological polar surface area (TPSA) is 136 Å². The number of ether oxygens (including phenoxy) is 4. The molecular formula is C21H22N4O7. The number of carbonyl (C=O) groups excluding carboxylic acids is 3. The van der Waals surface area contributed by atoms with Crippen molar-refractivity contribution in [3.8, 4) is 23.0 Å². The number of anilines is 2. The second kappa shape index (κ2) is 10.1. The normalized spacial score (nSPS) is 11.9. The number of nitrogens with one attached hydrogen (secondary N) is 4. The van der Waals surface area contributed by atoms with Crippen LogP contribution in [-0.2, 0) is 14.4 Å². The first-order valence-corrected chi connectivity index (χ1v) is 9.38. The van der Waals surface area contributed by atoms with Crippen LogP contribution in [0.15, 0.2) is 48.2 Å². The average molecular weight is 442 g/mol. The van der Waals surface area contributed by atoms with E-state index in [9.17, 15) is 14.4 Å². The van der Waals surface area contributed by atoms with Gasteiger partial charge in [0.25, 0.3) is 0 Å². The first kappa shape index (κ1) is 22.3. The van der Waals surface area contributed by atoms with Crippen molar-refractivity contribution >= 4 is 29.1 Å². The molecule has 32 heavy (non-hydrogen) atoms. The van der Waals surface area contributed by atoms with Crippen LogP contribution in [0.4, 0.5) is 11.4 Å². The maximum Gasteiger partial charge on any atom is 0.327 e. The molecule has 168 valence electrons. The van der Waals surface area contributed by atoms with Crippen LogP contribution in [0.2, 0.25) is 0 Å².